The molecular weight excluding hydrogens is 158 g/mol. The van der Waals surface area contributed by atoms with Crippen LogP contribution in [0.3, 0.4) is 0 Å². The van der Waals surface area contributed by atoms with Crippen molar-refractivity contribution in [1.29, 1.82) is 5.26 Å². The molecule has 2 rings (SSSR count). The van der Waals surface area contributed by atoms with E-state index in [4.69, 9.17) is 5.26 Å². The Morgan fingerprint density at radius 2 is 2.00 bits per heavy atom. The maximum atomic E-state index is 10.8. The van der Waals surface area contributed by atoms with E-state index in [1.54, 1.807) is 0 Å². The minimum Gasteiger partial charge on any atom is -0.260 e. The van der Waals surface area contributed by atoms with Crippen LogP contribution >= 0.6 is 0 Å². The van der Waals surface area contributed by atoms with Gasteiger partial charge in [0.15, 0.2) is 0 Å². The van der Waals surface area contributed by atoms with Gasteiger partial charge in [-0.25, -0.2) is 0 Å². The highest BCUT2D eigenvalue weighted by molar-refractivity contribution is 7.86. The molecule has 1 heterocycles. The summed E-state index contributed by atoms with van der Waals surface area (Å²) in [5, 5.41) is 8.74. The third-order valence-electron chi connectivity index (χ3n) is 2.73. The molecule has 1 spiro atoms. The smallest absolute Gasteiger partial charge is 0.0687 e. The summed E-state index contributed by atoms with van der Waals surface area (Å²) in [7, 11) is -0.555. The first-order valence-corrected chi connectivity index (χ1v) is 5.33. The van der Waals surface area contributed by atoms with Crippen molar-refractivity contribution in [3.8, 4) is 6.07 Å². The Balaban J connectivity index is 1.99. The lowest BCUT2D eigenvalue weighted by Crippen LogP contribution is -2.57. The molecule has 0 aromatic carbocycles. The van der Waals surface area contributed by atoms with Crippen molar-refractivity contribution in [2.75, 3.05) is 11.5 Å². The van der Waals surface area contributed by atoms with Crippen molar-refractivity contribution in [2.24, 2.45) is 10.8 Å². The molecule has 0 bridgehead atoms. The van der Waals surface area contributed by atoms with Gasteiger partial charge in [0.1, 0.15) is 0 Å². The zero-order valence-electron chi connectivity index (χ0n) is 6.59. The molecule has 0 aromatic heterocycles. The molecule has 1 aliphatic heterocycles. The van der Waals surface area contributed by atoms with E-state index in [0.717, 1.165) is 24.3 Å². The molecule has 0 unspecified atom stereocenters. The molecule has 0 aromatic rings. The summed E-state index contributed by atoms with van der Waals surface area (Å²) in [6.45, 7) is 2.00. The SMILES string of the molecule is CC1(C#N)CC2(CS(=O)C2)C1. The number of hydrogen-bond donors (Lipinski definition) is 0. The Labute approximate surface area is 69.0 Å². The quantitative estimate of drug-likeness (QED) is 0.544. The fourth-order valence-corrected chi connectivity index (χ4v) is 4.22. The van der Waals surface area contributed by atoms with E-state index in [1.165, 1.54) is 0 Å². The van der Waals surface area contributed by atoms with Crippen molar-refractivity contribution >= 4 is 10.8 Å². The van der Waals surface area contributed by atoms with Crippen LogP contribution in [0.1, 0.15) is 19.8 Å². The van der Waals surface area contributed by atoms with E-state index >= 15 is 0 Å². The largest absolute Gasteiger partial charge is 0.260 e. The van der Waals surface area contributed by atoms with Gasteiger partial charge in [0, 0.05) is 22.3 Å². The topological polar surface area (TPSA) is 40.9 Å². The normalized spacial score (nSPS) is 54.4. The molecule has 2 nitrogen and oxygen atoms in total. The summed E-state index contributed by atoms with van der Waals surface area (Å²) in [4.78, 5) is 0. The highest BCUT2D eigenvalue weighted by Gasteiger charge is 2.58. The summed E-state index contributed by atoms with van der Waals surface area (Å²) >= 11 is 0. The Hall–Kier alpha value is -0.360. The van der Waals surface area contributed by atoms with Crippen LogP contribution < -0.4 is 0 Å². The summed E-state index contributed by atoms with van der Waals surface area (Å²) in [6, 6.07) is 2.32. The van der Waals surface area contributed by atoms with E-state index in [0.29, 0.717) is 5.41 Å². The Bertz CT molecular complexity index is 250. The van der Waals surface area contributed by atoms with Crippen LogP contribution in [0.15, 0.2) is 0 Å². The monoisotopic (exact) mass is 169 g/mol. The Morgan fingerprint density at radius 3 is 2.36 bits per heavy atom. The zero-order chi connectivity index (χ0) is 8.11. The van der Waals surface area contributed by atoms with Crippen molar-refractivity contribution in [1.82, 2.24) is 0 Å². The average Bonchev–Trinajstić information content (AvgIpc) is 1.81. The fraction of sp³-hybridized carbons (Fsp3) is 0.875. The second kappa shape index (κ2) is 1.87. The van der Waals surface area contributed by atoms with E-state index in [1.807, 2.05) is 6.92 Å². The molecule has 0 radical (unpaired) electrons. The molecule has 0 amide bonds. The Morgan fingerprint density at radius 1 is 1.45 bits per heavy atom. The predicted molar refractivity (Wildman–Crippen MR) is 43.3 cm³/mol. The second-order valence-electron chi connectivity index (χ2n) is 4.25. The number of rotatable bonds is 0. The van der Waals surface area contributed by atoms with Crippen LogP contribution in [0.25, 0.3) is 0 Å². The molecule has 1 saturated heterocycles. The standard InChI is InChI=1S/C8H11NOS/c1-7(4-9)2-8(3-7)5-11(10)6-8/h2-3,5-6H2,1H3. The van der Waals surface area contributed by atoms with Gasteiger partial charge < -0.3 is 0 Å². The zero-order valence-corrected chi connectivity index (χ0v) is 7.41. The number of nitrogens with zero attached hydrogens (tertiary/aromatic N) is 1. The lowest BCUT2D eigenvalue weighted by atomic mass is 9.55. The van der Waals surface area contributed by atoms with Crippen molar-refractivity contribution in [3.05, 3.63) is 0 Å². The van der Waals surface area contributed by atoms with E-state index in [2.05, 4.69) is 6.07 Å². The minimum absolute atomic E-state index is 0.0926. The molecule has 3 heteroatoms. The lowest BCUT2D eigenvalue weighted by Gasteiger charge is -2.55. The molecule has 2 fully saturated rings. The summed E-state index contributed by atoms with van der Waals surface area (Å²) in [5.74, 6) is 1.70. The number of nitriles is 1. The van der Waals surface area contributed by atoms with Crippen molar-refractivity contribution in [3.63, 3.8) is 0 Å². The maximum Gasteiger partial charge on any atom is 0.0687 e. The van der Waals surface area contributed by atoms with Gasteiger partial charge in [-0.05, 0) is 25.2 Å². The number of hydrogen-bond acceptors (Lipinski definition) is 2. The van der Waals surface area contributed by atoms with Gasteiger partial charge in [0.2, 0.25) is 0 Å². The van der Waals surface area contributed by atoms with E-state index in [9.17, 15) is 4.21 Å². The third-order valence-corrected chi connectivity index (χ3v) is 4.60. The van der Waals surface area contributed by atoms with Crippen LogP contribution in [0.4, 0.5) is 0 Å². The second-order valence-corrected chi connectivity index (χ2v) is 5.71. The first-order chi connectivity index (χ1) is 5.08. The van der Waals surface area contributed by atoms with Crippen LogP contribution in [0.5, 0.6) is 0 Å². The van der Waals surface area contributed by atoms with Crippen LogP contribution in [-0.2, 0) is 10.8 Å². The van der Waals surface area contributed by atoms with Crippen LogP contribution in [-0.4, -0.2) is 15.7 Å². The summed E-state index contributed by atoms with van der Waals surface area (Å²) in [5.41, 5.74) is 0.236. The van der Waals surface area contributed by atoms with Gasteiger partial charge in [0.05, 0.1) is 11.5 Å². The average molecular weight is 169 g/mol. The third kappa shape index (κ3) is 0.927. The first kappa shape index (κ1) is 7.30. The first-order valence-electron chi connectivity index (χ1n) is 3.84. The lowest BCUT2D eigenvalue weighted by molar-refractivity contribution is 0.0473. The van der Waals surface area contributed by atoms with E-state index < -0.39 is 10.8 Å². The molecule has 0 atom stereocenters. The Kier molecular flexibility index (Phi) is 1.24. The molecule has 1 aliphatic carbocycles. The molecule has 0 N–H and O–H groups in total. The van der Waals surface area contributed by atoms with Crippen LogP contribution in [0.2, 0.25) is 0 Å². The van der Waals surface area contributed by atoms with Gasteiger partial charge in [-0.1, -0.05) is 0 Å². The summed E-state index contributed by atoms with van der Waals surface area (Å²) in [6.07, 6.45) is 1.95. The van der Waals surface area contributed by atoms with Gasteiger partial charge in [0.25, 0.3) is 0 Å². The maximum absolute atomic E-state index is 10.8. The highest BCUT2D eigenvalue weighted by Crippen LogP contribution is 2.58. The van der Waals surface area contributed by atoms with Gasteiger partial charge in [-0.2, -0.15) is 5.26 Å². The summed E-state index contributed by atoms with van der Waals surface area (Å²) < 4.78 is 10.8. The van der Waals surface area contributed by atoms with Crippen molar-refractivity contribution < 1.29 is 4.21 Å². The van der Waals surface area contributed by atoms with Crippen molar-refractivity contribution in [2.45, 2.75) is 19.8 Å². The predicted octanol–water partition coefficient (Wildman–Crippen LogP) is 1.06. The van der Waals surface area contributed by atoms with E-state index in [-0.39, 0.29) is 5.41 Å². The highest BCUT2D eigenvalue weighted by atomic mass is 32.2. The van der Waals surface area contributed by atoms with Gasteiger partial charge >= 0.3 is 0 Å². The van der Waals surface area contributed by atoms with Gasteiger partial charge in [-0.15, -0.1) is 0 Å². The fourth-order valence-electron chi connectivity index (χ4n) is 2.53. The molecule has 2 aliphatic rings. The molecular formula is C8H11NOS. The van der Waals surface area contributed by atoms with Gasteiger partial charge in [-0.3, -0.25) is 4.21 Å². The molecule has 60 valence electrons. The molecule has 11 heavy (non-hydrogen) atoms. The minimum atomic E-state index is -0.555. The molecule has 1 saturated carbocycles. The van der Waals surface area contributed by atoms with Crippen LogP contribution in [0, 0.1) is 22.2 Å².